The second-order valence-corrected chi connectivity index (χ2v) is 8.95. The van der Waals surface area contributed by atoms with Crippen molar-refractivity contribution in [1.29, 1.82) is 0 Å². The first-order chi connectivity index (χ1) is 7.12. The molecule has 0 unspecified atom stereocenters. The van der Waals surface area contributed by atoms with Gasteiger partial charge in [0.15, 0.2) is 9.84 Å². The van der Waals surface area contributed by atoms with E-state index in [1.165, 1.54) is 4.31 Å². The molecule has 0 aromatic heterocycles. The third kappa shape index (κ3) is 3.71. The molecular formula is C9H19NO4S2. The van der Waals surface area contributed by atoms with E-state index < -0.39 is 19.9 Å². The fraction of sp³-hybridized carbons (Fsp3) is 1.00. The highest BCUT2D eigenvalue weighted by molar-refractivity contribution is 7.92. The predicted molar refractivity (Wildman–Crippen MR) is 63.4 cm³/mol. The fourth-order valence-corrected chi connectivity index (χ4v) is 5.03. The number of rotatable bonds is 4. The zero-order valence-corrected chi connectivity index (χ0v) is 11.5. The summed E-state index contributed by atoms with van der Waals surface area (Å²) in [4.78, 5) is 0. The molecule has 0 N–H and O–H groups in total. The van der Waals surface area contributed by atoms with Gasteiger partial charge in [0.05, 0.1) is 17.8 Å². The van der Waals surface area contributed by atoms with Crippen LogP contribution in [-0.2, 0) is 19.9 Å². The molecule has 0 aromatic rings. The maximum Gasteiger partial charge on any atom is 0.211 e. The number of sulfone groups is 1. The number of nitrogens with zero attached hydrogens (tertiary/aromatic N) is 1. The lowest BCUT2D eigenvalue weighted by Crippen LogP contribution is -2.42. The minimum atomic E-state index is -3.32. The molecule has 0 saturated carbocycles. The molecule has 1 aliphatic heterocycles. The Hall–Kier alpha value is -0.140. The van der Waals surface area contributed by atoms with Crippen LogP contribution in [0.4, 0.5) is 0 Å². The summed E-state index contributed by atoms with van der Waals surface area (Å²) in [6.07, 6.45) is 1.56. The van der Waals surface area contributed by atoms with Gasteiger partial charge in [0.1, 0.15) is 0 Å². The molecule has 0 spiro atoms. The van der Waals surface area contributed by atoms with Crippen molar-refractivity contribution in [2.45, 2.75) is 26.3 Å². The maximum atomic E-state index is 11.6. The topological polar surface area (TPSA) is 71.5 Å². The van der Waals surface area contributed by atoms with Gasteiger partial charge < -0.3 is 0 Å². The number of sulfonamides is 1. The Bertz CT molecular complexity index is 438. The Balaban J connectivity index is 2.88. The van der Waals surface area contributed by atoms with Gasteiger partial charge in [-0.3, -0.25) is 0 Å². The van der Waals surface area contributed by atoms with Crippen LogP contribution in [0, 0.1) is 5.92 Å². The van der Waals surface area contributed by atoms with Crippen molar-refractivity contribution in [2.24, 2.45) is 5.92 Å². The van der Waals surface area contributed by atoms with Crippen molar-refractivity contribution in [3.8, 4) is 0 Å². The molecule has 0 amide bonds. The fourth-order valence-electron chi connectivity index (χ4n) is 1.92. The zero-order chi connectivity index (χ0) is 12.6. The van der Waals surface area contributed by atoms with E-state index in [4.69, 9.17) is 0 Å². The van der Waals surface area contributed by atoms with E-state index in [9.17, 15) is 16.8 Å². The molecule has 1 atom stereocenters. The molecule has 1 rings (SSSR count). The molecule has 16 heavy (non-hydrogen) atoms. The van der Waals surface area contributed by atoms with Crippen molar-refractivity contribution in [2.75, 3.05) is 24.3 Å². The van der Waals surface area contributed by atoms with E-state index >= 15 is 0 Å². The van der Waals surface area contributed by atoms with E-state index in [0.29, 0.717) is 13.0 Å². The second kappa shape index (κ2) is 4.62. The summed E-state index contributed by atoms with van der Waals surface area (Å²) in [5.74, 6) is 0.257. The molecule has 1 fully saturated rings. The van der Waals surface area contributed by atoms with Gasteiger partial charge in [-0.25, -0.2) is 16.8 Å². The van der Waals surface area contributed by atoms with Crippen LogP contribution in [0.3, 0.4) is 0 Å². The van der Waals surface area contributed by atoms with Gasteiger partial charge in [0, 0.05) is 12.6 Å². The van der Waals surface area contributed by atoms with Crippen molar-refractivity contribution < 1.29 is 16.8 Å². The average molecular weight is 269 g/mol. The Kier molecular flexibility index (Phi) is 4.02. The van der Waals surface area contributed by atoms with E-state index in [-0.39, 0.29) is 23.5 Å². The van der Waals surface area contributed by atoms with Crippen LogP contribution in [0.5, 0.6) is 0 Å². The predicted octanol–water partition coefficient (Wildman–Crippen LogP) is 0.0911. The van der Waals surface area contributed by atoms with Gasteiger partial charge in [-0.15, -0.1) is 0 Å². The molecule has 0 bridgehead atoms. The van der Waals surface area contributed by atoms with Crippen molar-refractivity contribution in [3.63, 3.8) is 0 Å². The summed E-state index contributed by atoms with van der Waals surface area (Å²) in [6.45, 7) is 4.22. The third-order valence-electron chi connectivity index (χ3n) is 2.59. The average Bonchev–Trinajstić information content (AvgIpc) is 2.39. The van der Waals surface area contributed by atoms with Gasteiger partial charge in [-0.05, 0) is 12.3 Å². The van der Waals surface area contributed by atoms with Crippen LogP contribution in [0.15, 0.2) is 0 Å². The molecule has 96 valence electrons. The molecule has 0 aromatic carbocycles. The molecule has 1 aliphatic rings. The molecule has 5 nitrogen and oxygen atoms in total. The van der Waals surface area contributed by atoms with Gasteiger partial charge in [-0.1, -0.05) is 13.8 Å². The minimum absolute atomic E-state index is 0.0349. The Morgan fingerprint density at radius 2 is 1.94 bits per heavy atom. The zero-order valence-electron chi connectivity index (χ0n) is 9.88. The normalized spacial score (nSPS) is 25.4. The van der Waals surface area contributed by atoms with Gasteiger partial charge in [-0.2, -0.15) is 4.31 Å². The molecule has 1 heterocycles. The molecule has 1 saturated heterocycles. The molecule has 7 heteroatoms. The van der Waals surface area contributed by atoms with Crippen LogP contribution < -0.4 is 0 Å². The van der Waals surface area contributed by atoms with Crippen molar-refractivity contribution >= 4 is 19.9 Å². The second-order valence-electron chi connectivity index (χ2n) is 4.78. The van der Waals surface area contributed by atoms with Gasteiger partial charge in [0.2, 0.25) is 10.0 Å². The first-order valence-electron chi connectivity index (χ1n) is 5.29. The molecule has 0 radical (unpaired) electrons. The summed E-state index contributed by atoms with van der Waals surface area (Å²) in [6, 6.07) is -0.373. The van der Waals surface area contributed by atoms with E-state index in [1.807, 2.05) is 13.8 Å². The lowest BCUT2D eigenvalue weighted by molar-refractivity contribution is 0.310. The largest absolute Gasteiger partial charge is 0.229 e. The van der Waals surface area contributed by atoms with Gasteiger partial charge >= 0.3 is 0 Å². The first-order valence-corrected chi connectivity index (χ1v) is 8.96. The smallest absolute Gasteiger partial charge is 0.211 e. The highest BCUT2D eigenvalue weighted by Gasteiger charge is 2.36. The first kappa shape index (κ1) is 13.9. The summed E-state index contributed by atoms with van der Waals surface area (Å²) < 4.78 is 47.2. The molecular weight excluding hydrogens is 250 g/mol. The van der Waals surface area contributed by atoms with Crippen LogP contribution in [0.1, 0.15) is 20.3 Å². The SMILES string of the molecule is CC(C)CN([C@@H]1CCS(=O)(=O)C1)S(C)(=O)=O. The standard InChI is InChI=1S/C9H19NO4S2/c1-8(2)6-10(15(3,11)12)9-4-5-16(13,14)7-9/h8-9H,4-7H2,1-3H3/t9-/m1/s1. The lowest BCUT2D eigenvalue weighted by Gasteiger charge is -2.27. The number of hydrogen-bond donors (Lipinski definition) is 0. The van der Waals surface area contributed by atoms with Crippen LogP contribution in [0.2, 0.25) is 0 Å². The summed E-state index contributed by atoms with van der Waals surface area (Å²) >= 11 is 0. The lowest BCUT2D eigenvalue weighted by atomic mass is 10.2. The highest BCUT2D eigenvalue weighted by atomic mass is 32.2. The van der Waals surface area contributed by atoms with Crippen molar-refractivity contribution in [1.82, 2.24) is 4.31 Å². The monoisotopic (exact) mass is 269 g/mol. The number of hydrogen-bond acceptors (Lipinski definition) is 4. The Morgan fingerprint density at radius 3 is 2.25 bits per heavy atom. The van der Waals surface area contributed by atoms with Crippen LogP contribution in [0.25, 0.3) is 0 Å². The Morgan fingerprint density at radius 1 is 1.38 bits per heavy atom. The quantitative estimate of drug-likeness (QED) is 0.725. The van der Waals surface area contributed by atoms with Crippen LogP contribution >= 0.6 is 0 Å². The summed E-state index contributed by atoms with van der Waals surface area (Å²) in [5.41, 5.74) is 0. The third-order valence-corrected chi connectivity index (χ3v) is 5.64. The summed E-state index contributed by atoms with van der Waals surface area (Å²) in [5, 5.41) is 0. The maximum absolute atomic E-state index is 11.6. The highest BCUT2D eigenvalue weighted by Crippen LogP contribution is 2.21. The van der Waals surface area contributed by atoms with Crippen LogP contribution in [-0.4, -0.2) is 51.5 Å². The molecule has 0 aliphatic carbocycles. The van der Waals surface area contributed by atoms with E-state index in [2.05, 4.69) is 0 Å². The van der Waals surface area contributed by atoms with E-state index in [0.717, 1.165) is 6.26 Å². The Labute approximate surface area is 97.8 Å². The van der Waals surface area contributed by atoms with E-state index in [1.54, 1.807) is 0 Å². The van der Waals surface area contributed by atoms with Gasteiger partial charge in [0.25, 0.3) is 0 Å². The van der Waals surface area contributed by atoms with Crippen molar-refractivity contribution in [3.05, 3.63) is 0 Å². The minimum Gasteiger partial charge on any atom is -0.229 e. The summed E-state index contributed by atoms with van der Waals surface area (Å²) in [7, 11) is -6.37.